The van der Waals surface area contributed by atoms with Crippen molar-refractivity contribution in [2.75, 3.05) is 0 Å². The van der Waals surface area contributed by atoms with Crippen LogP contribution in [0.4, 0.5) is 4.79 Å². The van der Waals surface area contributed by atoms with Crippen molar-refractivity contribution >= 4 is 6.03 Å². The van der Waals surface area contributed by atoms with Crippen LogP contribution < -0.4 is 16.7 Å². The van der Waals surface area contributed by atoms with E-state index < -0.39 is 0 Å². The Morgan fingerprint density at radius 1 is 1.70 bits per heavy atom. The minimum atomic E-state index is -0.279. The van der Waals surface area contributed by atoms with Gasteiger partial charge in [-0.25, -0.2) is 21.1 Å². The number of urea groups is 1. The monoisotopic (exact) mass is 144 g/mol. The third kappa shape index (κ3) is 1.05. The fourth-order valence-electron chi connectivity index (χ4n) is 0.884. The summed E-state index contributed by atoms with van der Waals surface area (Å²) in [4.78, 5) is 10.7. The van der Waals surface area contributed by atoms with Gasteiger partial charge in [0.25, 0.3) is 0 Å². The molecule has 5 nitrogen and oxygen atoms in total. The molecule has 0 aliphatic carbocycles. The first kappa shape index (κ1) is 7.30. The van der Waals surface area contributed by atoms with E-state index in [4.69, 9.17) is 5.84 Å². The van der Waals surface area contributed by atoms with Crippen molar-refractivity contribution < 1.29 is 4.79 Å². The molecule has 1 saturated heterocycles. The van der Waals surface area contributed by atoms with E-state index in [-0.39, 0.29) is 12.2 Å². The summed E-state index contributed by atoms with van der Waals surface area (Å²) in [6.07, 6.45) is -0.0903. The first-order valence-corrected chi connectivity index (χ1v) is 3.22. The second-order valence-corrected chi connectivity index (χ2v) is 2.67. The molecule has 0 aromatic heterocycles. The molecule has 1 aliphatic rings. The van der Waals surface area contributed by atoms with Gasteiger partial charge in [-0.2, -0.15) is 0 Å². The molecule has 1 rings (SSSR count). The number of carbonyl (C=O) groups is 1. The van der Waals surface area contributed by atoms with E-state index >= 15 is 0 Å². The maximum Gasteiger partial charge on any atom is 0.347 e. The highest BCUT2D eigenvalue weighted by atomic mass is 16.2. The minimum absolute atomic E-state index is 0.0903. The molecule has 4 N–H and O–H groups in total. The maximum atomic E-state index is 10.7. The second-order valence-electron chi connectivity index (χ2n) is 2.67. The number of carbonyl (C=O) groups excluding carboxylic acids is 1. The molecule has 2 amide bonds. The summed E-state index contributed by atoms with van der Waals surface area (Å²) >= 11 is 0. The van der Waals surface area contributed by atoms with Crippen LogP contribution in [0, 0.1) is 5.92 Å². The summed E-state index contributed by atoms with van der Waals surface area (Å²) in [7, 11) is 0. The number of nitrogens with zero attached hydrogens (tertiary/aromatic N) is 1. The lowest BCUT2D eigenvalue weighted by Gasteiger charge is -2.19. The van der Waals surface area contributed by atoms with Crippen LogP contribution in [0.3, 0.4) is 0 Å². The van der Waals surface area contributed by atoms with Crippen molar-refractivity contribution in [2.24, 2.45) is 11.8 Å². The Hall–Kier alpha value is -0.810. The van der Waals surface area contributed by atoms with Gasteiger partial charge in [0.05, 0.1) is 0 Å². The normalized spacial score (nSPS) is 25.8. The van der Waals surface area contributed by atoms with E-state index in [1.54, 1.807) is 0 Å². The SMILES string of the molecule is CC(C)C1NNC(=O)N1N. The van der Waals surface area contributed by atoms with Crippen LogP contribution >= 0.6 is 0 Å². The molecule has 5 heteroatoms. The smallest absolute Gasteiger partial charge is 0.270 e. The number of hydrazine groups is 2. The first-order valence-electron chi connectivity index (χ1n) is 3.22. The largest absolute Gasteiger partial charge is 0.347 e. The summed E-state index contributed by atoms with van der Waals surface area (Å²) < 4.78 is 0. The van der Waals surface area contributed by atoms with Gasteiger partial charge in [-0.3, -0.25) is 5.43 Å². The number of nitrogens with two attached hydrogens (primary N) is 1. The van der Waals surface area contributed by atoms with E-state index in [1.807, 2.05) is 13.8 Å². The number of hydrogen-bond donors (Lipinski definition) is 3. The molecule has 1 unspecified atom stereocenters. The zero-order valence-electron chi connectivity index (χ0n) is 6.09. The van der Waals surface area contributed by atoms with Crippen LogP contribution in [0.2, 0.25) is 0 Å². The average Bonchev–Trinajstić information content (AvgIpc) is 2.14. The van der Waals surface area contributed by atoms with Gasteiger partial charge in [0.1, 0.15) is 6.17 Å². The summed E-state index contributed by atoms with van der Waals surface area (Å²) in [5.74, 6) is 5.69. The van der Waals surface area contributed by atoms with Crippen molar-refractivity contribution in [1.29, 1.82) is 0 Å². The third-order valence-electron chi connectivity index (χ3n) is 1.49. The Bertz CT molecular complexity index is 147. The molecule has 1 aliphatic heterocycles. The topological polar surface area (TPSA) is 70.4 Å². The molecule has 1 atom stereocenters. The fourth-order valence-corrected chi connectivity index (χ4v) is 0.884. The van der Waals surface area contributed by atoms with Crippen LogP contribution in [0.25, 0.3) is 0 Å². The molecule has 10 heavy (non-hydrogen) atoms. The van der Waals surface area contributed by atoms with Crippen molar-refractivity contribution in [2.45, 2.75) is 20.0 Å². The second kappa shape index (κ2) is 2.43. The van der Waals surface area contributed by atoms with Crippen molar-refractivity contribution in [1.82, 2.24) is 15.9 Å². The Balaban J connectivity index is 2.57. The minimum Gasteiger partial charge on any atom is -0.270 e. The summed E-state index contributed by atoms with van der Waals surface area (Å²) in [6, 6.07) is -0.279. The number of nitrogens with one attached hydrogen (secondary N) is 2. The Labute approximate surface area is 59.5 Å². The van der Waals surface area contributed by atoms with Crippen molar-refractivity contribution in [3.63, 3.8) is 0 Å². The molecule has 0 spiro atoms. The predicted molar refractivity (Wildman–Crippen MR) is 36.3 cm³/mol. The van der Waals surface area contributed by atoms with Crippen molar-refractivity contribution in [3.8, 4) is 0 Å². The highest BCUT2D eigenvalue weighted by Crippen LogP contribution is 2.06. The fraction of sp³-hybridized carbons (Fsp3) is 0.800. The standard InChI is InChI=1S/C5H12N4O/c1-3(2)4-7-8-5(10)9(4)6/h3-4,7H,6H2,1-2H3,(H,8,10). The van der Waals surface area contributed by atoms with Crippen LogP contribution in [0.1, 0.15) is 13.8 Å². The lowest BCUT2D eigenvalue weighted by atomic mass is 10.2. The average molecular weight is 144 g/mol. The van der Waals surface area contributed by atoms with Gasteiger partial charge in [-0.05, 0) is 5.92 Å². The summed E-state index contributed by atoms with van der Waals surface area (Å²) in [5.41, 5.74) is 5.17. The molecule has 58 valence electrons. The molecule has 0 aromatic carbocycles. The van der Waals surface area contributed by atoms with Gasteiger partial charge >= 0.3 is 6.03 Å². The van der Waals surface area contributed by atoms with Crippen LogP contribution in [0.15, 0.2) is 0 Å². The lowest BCUT2D eigenvalue weighted by Crippen LogP contribution is -2.45. The van der Waals surface area contributed by atoms with Crippen LogP contribution in [0.5, 0.6) is 0 Å². The summed E-state index contributed by atoms with van der Waals surface area (Å²) in [6.45, 7) is 3.97. The van der Waals surface area contributed by atoms with Gasteiger partial charge in [0, 0.05) is 0 Å². The number of hydrogen-bond acceptors (Lipinski definition) is 3. The quantitative estimate of drug-likeness (QED) is 0.339. The maximum absolute atomic E-state index is 10.7. The molecular weight excluding hydrogens is 132 g/mol. The van der Waals surface area contributed by atoms with Gasteiger partial charge in [-0.15, -0.1) is 0 Å². The Kier molecular flexibility index (Phi) is 1.78. The van der Waals surface area contributed by atoms with Crippen molar-refractivity contribution in [3.05, 3.63) is 0 Å². The highest BCUT2D eigenvalue weighted by Gasteiger charge is 2.29. The predicted octanol–water partition coefficient (Wildman–Crippen LogP) is -0.628. The molecule has 0 radical (unpaired) electrons. The first-order chi connectivity index (χ1) is 4.63. The molecule has 1 heterocycles. The molecule has 1 fully saturated rings. The van der Waals surface area contributed by atoms with Crippen LogP contribution in [-0.2, 0) is 0 Å². The zero-order valence-corrected chi connectivity index (χ0v) is 6.09. The number of amides is 2. The van der Waals surface area contributed by atoms with Crippen LogP contribution in [-0.4, -0.2) is 17.2 Å². The van der Waals surface area contributed by atoms with E-state index in [0.29, 0.717) is 5.92 Å². The Morgan fingerprint density at radius 3 is 2.50 bits per heavy atom. The van der Waals surface area contributed by atoms with Gasteiger partial charge < -0.3 is 0 Å². The van der Waals surface area contributed by atoms with E-state index in [0.717, 1.165) is 5.01 Å². The van der Waals surface area contributed by atoms with Gasteiger partial charge in [0.2, 0.25) is 0 Å². The van der Waals surface area contributed by atoms with E-state index in [1.165, 1.54) is 0 Å². The molecule has 0 aromatic rings. The zero-order chi connectivity index (χ0) is 7.72. The molecule has 0 saturated carbocycles. The van der Waals surface area contributed by atoms with Gasteiger partial charge in [-0.1, -0.05) is 13.8 Å². The molecule has 0 bridgehead atoms. The lowest BCUT2D eigenvalue weighted by molar-refractivity contribution is 0.184. The van der Waals surface area contributed by atoms with E-state index in [9.17, 15) is 4.79 Å². The van der Waals surface area contributed by atoms with E-state index in [2.05, 4.69) is 10.9 Å². The third-order valence-corrected chi connectivity index (χ3v) is 1.49. The van der Waals surface area contributed by atoms with Gasteiger partial charge in [0.15, 0.2) is 0 Å². The Morgan fingerprint density at radius 2 is 2.30 bits per heavy atom. The molecular formula is C5H12N4O. The summed E-state index contributed by atoms with van der Waals surface area (Å²) in [5, 5.41) is 1.16. The number of rotatable bonds is 1. The highest BCUT2D eigenvalue weighted by molar-refractivity contribution is 5.75.